The minimum atomic E-state index is -0.580. The molecule has 2 aromatic carbocycles. The van der Waals surface area contributed by atoms with Crippen molar-refractivity contribution in [3.05, 3.63) is 77.4 Å². The van der Waals surface area contributed by atoms with Gasteiger partial charge in [-0.2, -0.15) is 0 Å². The number of carbonyl (C=O) groups is 2. The van der Waals surface area contributed by atoms with Gasteiger partial charge in [0, 0.05) is 19.5 Å². The molecule has 2 aromatic rings. The van der Waals surface area contributed by atoms with Gasteiger partial charge in [0.15, 0.2) is 6.10 Å². The monoisotopic (exact) mass is 448 g/mol. The van der Waals surface area contributed by atoms with Gasteiger partial charge in [-0.3, -0.25) is 9.59 Å². The number of rotatable bonds is 9. The fourth-order valence-electron chi connectivity index (χ4n) is 4.28. The molecule has 33 heavy (non-hydrogen) atoms. The third-order valence-corrected chi connectivity index (χ3v) is 6.00. The van der Waals surface area contributed by atoms with E-state index in [1.165, 1.54) is 11.1 Å². The van der Waals surface area contributed by atoms with Crippen LogP contribution in [0.15, 0.2) is 55.1 Å². The summed E-state index contributed by atoms with van der Waals surface area (Å²) in [6.07, 6.45) is 2.95. The Morgan fingerprint density at radius 2 is 1.94 bits per heavy atom. The van der Waals surface area contributed by atoms with E-state index in [4.69, 9.17) is 4.74 Å². The highest BCUT2D eigenvalue weighted by molar-refractivity contribution is 5.81. The highest BCUT2D eigenvalue weighted by Crippen LogP contribution is 2.38. The molecule has 1 aliphatic rings. The summed E-state index contributed by atoms with van der Waals surface area (Å²) in [7, 11) is 0. The maximum absolute atomic E-state index is 13.2. The van der Waals surface area contributed by atoms with Crippen LogP contribution in [0.5, 0.6) is 5.75 Å². The Kier molecular flexibility index (Phi) is 8.32. The first-order valence-electron chi connectivity index (χ1n) is 11.9. The predicted molar refractivity (Wildman–Crippen MR) is 132 cm³/mol. The summed E-state index contributed by atoms with van der Waals surface area (Å²) in [4.78, 5) is 27.7. The summed E-state index contributed by atoms with van der Waals surface area (Å²) in [5.41, 5.74) is 4.56. The lowest BCUT2D eigenvalue weighted by atomic mass is 9.87. The number of nitrogens with zero attached hydrogens (tertiary/aromatic N) is 1. The molecule has 0 unspecified atom stereocenters. The minimum absolute atomic E-state index is 0.154. The molecule has 0 fully saturated rings. The van der Waals surface area contributed by atoms with Crippen LogP contribution in [0.2, 0.25) is 0 Å². The zero-order chi connectivity index (χ0) is 24.0. The van der Waals surface area contributed by atoms with Gasteiger partial charge in [-0.05, 0) is 54.5 Å². The summed E-state index contributed by atoms with van der Waals surface area (Å²) >= 11 is 0. The largest absolute Gasteiger partial charge is 0.481 e. The molecule has 1 aliphatic heterocycles. The zero-order valence-corrected chi connectivity index (χ0v) is 20.3. The number of amides is 2. The maximum Gasteiger partial charge on any atom is 0.261 e. The summed E-state index contributed by atoms with van der Waals surface area (Å²) in [6.45, 7) is 12.9. The Balaban J connectivity index is 1.97. The molecule has 176 valence electrons. The van der Waals surface area contributed by atoms with Gasteiger partial charge in [-0.25, -0.2) is 0 Å². The molecule has 0 spiro atoms. The van der Waals surface area contributed by atoms with E-state index in [-0.39, 0.29) is 17.9 Å². The number of hydrogen-bond acceptors (Lipinski definition) is 3. The van der Waals surface area contributed by atoms with E-state index in [1.54, 1.807) is 6.08 Å². The maximum atomic E-state index is 13.2. The Morgan fingerprint density at radius 1 is 1.21 bits per heavy atom. The van der Waals surface area contributed by atoms with Crippen molar-refractivity contribution in [1.82, 2.24) is 10.2 Å². The second kappa shape index (κ2) is 11.2. The molecule has 1 heterocycles. The zero-order valence-electron chi connectivity index (χ0n) is 20.3. The molecule has 5 nitrogen and oxygen atoms in total. The van der Waals surface area contributed by atoms with Crippen molar-refractivity contribution < 1.29 is 14.3 Å². The van der Waals surface area contributed by atoms with E-state index in [0.29, 0.717) is 37.6 Å². The van der Waals surface area contributed by atoms with Crippen molar-refractivity contribution in [3.8, 4) is 5.75 Å². The number of fused-ring (bicyclic) bond motifs is 1. The smallest absolute Gasteiger partial charge is 0.261 e. The molecular weight excluding hydrogens is 412 g/mol. The molecule has 3 rings (SSSR count). The number of hydrogen-bond donors (Lipinski definition) is 1. The molecule has 2 amide bonds. The van der Waals surface area contributed by atoms with Crippen molar-refractivity contribution in [2.45, 2.75) is 59.1 Å². The van der Waals surface area contributed by atoms with Crippen LogP contribution in [0, 0.1) is 12.8 Å². The molecule has 0 saturated carbocycles. The van der Waals surface area contributed by atoms with Crippen molar-refractivity contribution in [1.29, 1.82) is 0 Å². The van der Waals surface area contributed by atoms with Crippen LogP contribution in [0.1, 0.15) is 61.9 Å². The Hall–Kier alpha value is -3.08. The molecule has 0 aliphatic carbocycles. The van der Waals surface area contributed by atoms with Crippen LogP contribution in [0.4, 0.5) is 0 Å². The standard InChI is InChI=1S/C28H36N2O3/c1-6-15-29-28(32)25(7-2)33-23-13-12-21-14-16-30(26(31)17-19(3)4)27(24(21)18-23)22-10-8-20(5)9-11-22/h6,8-13,18-19,25,27H,1,7,14-17H2,2-5H3,(H,29,32)/t25-,27+/m0/s1. The quantitative estimate of drug-likeness (QED) is 0.551. The molecule has 1 N–H and O–H groups in total. The average Bonchev–Trinajstić information content (AvgIpc) is 2.80. The van der Waals surface area contributed by atoms with Gasteiger partial charge < -0.3 is 15.0 Å². The van der Waals surface area contributed by atoms with E-state index in [0.717, 1.165) is 17.5 Å². The first kappa shape index (κ1) is 24.6. The van der Waals surface area contributed by atoms with Crippen LogP contribution in [0.3, 0.4) is 0 Å². The summed E-state index contributed by atoms with van der Waals surface area (Å²) in [6, 6.07) is 14.2. The molecular formula is C28H36N2O3. The average molecular weight is 449 g/mol. The van der Waals surface area contributed by atoms with Crippen molar-refractivity contribution >= 4 is 11.8 Å². The van der Waals surface area contributed by atoms with Crippen LogP contribution in [-0.2, 0) is 16.0 Å². The third-order valence-electron chi connectivity index (χ3n) is 6.00. The first-order valence-corrected chi connectivity index (χ1v) is 11.9. The molecule has 2 atom stereocenters. The summed E-state index contributed by atoms with van der Waals surface area (Å²) < 4.78 is 6.10. The van der Waals surface area contributed by atoms with Crippen molar-refractivity contribution in [3.63, 3.8) is 0 Å². The summed E-state index contributed by atoms with van der Waals surface area (Å²) in [5.74, 6) is 0.956. The second-order valence-corrected chi connectivity index (χ2v) is 9.16. The highest BCUT2D eigenvalue weighted by atomic mass is 16.5. The third kappa shape index (κ3) is 6.04. The van der Waals surface area contributed by atoms with Gasteiger partial charge in [-0.15, -0.1) is 6.58 Å². The SMILES string of the molecule is C=CCNC(=O)[C@H](CC)Oc1ccc2c(c1)[C@@H](c1ccc(C)cc1)N(C(=O)CC(C)C)CC2. The van der Waals surface area contributed by atoms with Crippen molar-refractivity contribution in [2.24, 2.45) is 5.92 Å². The van der Waals surface area contributed by atoms with Gasteiger partial charge in [-0.1, -0.05) is 62.7 Å². The number of ether oxygens (including phenoxy) is 1. The summed E-state index contributed by atoms with van der Waals surface area (Å²) in [5, 5.41) is 2.81. The highest BCUT2D eigenvalue weighted by Gasteiger charge is 2.32. The van der Waals surface area contributed by atoms with E-state index in [9.17, 15) is 9.59 Å². The minimum Gasteiger partial charge on any atom is -0.481 e. The van der Waals surface area contributed by atoms with Crippen molar-refractivity contribution in [2.75, 3.05) is 13.1 Å². The predicted octanol–water partition coefficient (Wildman–Crippen LogP) is 4.97. The Bertz CT molecular complexity index is 981. The second-order valence-electron chi connectivity index (χ2n) is 9.16. The lowest BCUT2D eigenvalue weighted by Gasteiger charge is -2.38. The molecule has 0 radical (unpaired) electrons. The fourth-order valence-corrected chi connectivity index (χ4v) is 4.28. The van der Waals surface area contributed by atoms with Gasteiger partial charge in [0.25, 0.3) is 5.91 Å². The first-order chi connectivity index (χ1) is 15.8. The number of benzene rings is 2. The molecule has 0 aromatic heterocycles. The van der Waals surface area contributed by atoms with E-state index in [1.807, 2.05) is 24.0 Å². The van der Waals surface area contributed by atoms with Gasteiger partial charge in [0.2, 0.25) is 5.91 Å². The Labute approximate surface area is 197 Å². The van der Waals surface area contributed by atoms with Crippen LogP contribution >= 0.6 is 0 Å². The molecule has 0 saturated heterocycles. The fraction of sp³-hybridized carbons (Fsp3) is 0.429. The van der Waals surface area contributed by atoms with E-state index in [2.05, 4.69) is 63.0 Å². The molecule has 5 heteroatoms. The molecule has 0 bridgehead atoms. The van der Waals surface area contributed by atoms with Gasteiger partial charge in [0.1, 0.15) is 5.75 Å². The van der Waals surface area contributed by atoms with Gasteiger partial charge >= 0.3 is 0 Å². The number of aryl methyl sites for hydroxylation is 1. The normalized spacial score (nSPS) is 16.2. The lowest BCUT2D eigenvalue weighted by Crippen LogP contribution is -2.41. The van der Waals surface area contributed by atoms with Crippen LogP contribution in [-0.4, -0.2) is 35.9 Å². The van der Waals surface area contributed by atoms with E-state index < -0.39 is 6.10 Å². The Morgan fingerprint density at radius 3 is 2.58 bits per heavy atom. The lowest BCUT2D eigenvalue weighted by molar-refractivity contribution is -0.134. The van der Waals surface area contributed by atoms with Crippen LogP contribution in [0.25, 0.3) is 0 Å². The number of carbonyl (C=O) groups excluding carboxylic acids is 2. The number of nitrogens with one attached hydrogen (secondary N) is 1. The topological polar surface area (TPSA) is 58.6 Å². The van der Waals surface area contributed by atoms with Gasteiger partial charge in [0.05, 0.1) is 6.04 Å². The van der Waals surface area contributed by atoms with Crippen LogP contribution < -0.4 is 10.1 Å². The van der Waals surface area contributed by atoms with E-state index >= 15 is 0 Å².